The Hall–Kier alpha value is -2.70. The summed E-state index contributed by atoms with van der Waals surface area (Å²) in [6.45, 7) is 0. The minimum absolute atomic E-state index is 0.000322. The van der Waals surface area contributed by atoms with E-state index < -0.39 is 4.92 Å². The van der Waals surface area contributed by atoms with Gasteiger partial charge in [-0.05, 0) is 35.9 Å². The van der Waals surface area contributed by atoms with Gasteiger partial charge in [0.05, 0.1) is 26.0 Å². The lowest BCUT2D eigenvalue weighted by molar-refractivity contribution is -0.384. The van der Waals surface area contributed by atoms with Crippen molar-refractivity contribution >= 4 is 52.1 Å². The van der Waals surface area contributed by atoms with E-state index >= 15 is 0 Å². The maximum Gasteiger partial charge on any atom is 0.274 e. The van der Waals surface area contributed by atoms with Crippen LogP contribution < -0.4 is 5.56 Å². The van der Waals surface area contributed by atoms with Crippen LogP contribution in [0.25, 0.3) is 23.2 Å². The second-order valence-corrected chi connectivity index (χ2v) is 5.73. The summed E-state index contributed by atoms with van der Waals surface area (Å²) < 4.78 is 0. The van der Waals surface area contributed by atoms with Gasteiger partial charge in [-0.15, -0.1) is 0 Å². The molecular weight excluding hydrogens is 353 g/mol. The molecule has 0 aliphatic carbocycles. The fourth-order valence-electron chi connectivity index (χ4n) is 2.09. The molecule has 0 bridgehead atoms. The highest BCUT2D eigenvalue weighted by Crippen LogP contribution is 2.25. The van der Waals surface area contributed by atoms with Crippen molar-refractivity contribution in [2.24, 2.45) is 0 Å². The lowest BCUT2D eigenvalue weighted by atomic mass is 10.2. The molecule has 0 saturated heterocycles. The van der Waals surface area contributed by atoms with Crippen LogP contribution in [0.4, 0.5) is 5.69 Å². The molecule has 1 N–H and O–H groups in total. The van der Waals surface area contributed by atoms with Crippen molar-refractivity contribution in [3.8, 4) is 0 Å². The molecule has 0 saturated carbocycles. The van der Waals surface area contributed by atoms with Crippen molar-refractivity contribution in [1.82, 2.24) is 9.97 Å². The fourth-order valence-corrected chi connectivity index (χ4v) is 2.41. The van der Waals surface area contributed by atoms with E-state index in [1.165, 1.54) is 24.3 Å². The van der Waals surface area contributed by atoms with Gasteiger partial charge in [0.25, 0.3) is 11.2 Å². The van der Waals surface area contributed by atoms with Gasteiger partial charge >= 0.3 is 0 Å². The standard InChI is InChI=1S/C16H9Cl2N3O3/c17-11-7-14-15(8-12(11)18)20-16(22)13(19-14)6-3-9-1-4-10(5-2-9)21(23)24/h1-8H,(H,20,22). The number of aromatic amines is 1. The van der Waals surface area contributed by atoms with E-state index in [1.54, 1.807) is 24.3 Å². The smallest absolute Gasteiger partial charge is 0.274 e. The summed E-state index contributed by atoms with van der Waals surface area (Å²) in [5.74, 6) is 0. The molecule has 24 heavy (non-hydrogen) atoms. The highest BCUT2D eigenvalue weighted by Gasteiger charge is 2.06. The van der Waals surface area contributed by atoms with Crippen molar-refractivity contribution in [1.29, 1.82) is 0 Å². The molecule has 1 heterocycles. The lowest BCUT2D eigenvalue weighted by Gasteiger charge is -2.01. The first-order valence-corrected chi connectivity index (χ1v) is 7.51. The number of non-ortho nitro benzene ring substituents is 1. The first-order chi connectivity index (χ1) is 11.4. The van der Waals surface area contributed by atoms with Gasteiger partial charge in [0.2, 0.25) is 0 Å². The van der Waals surface area contributed by atoms with Gasteiger partial charge in [0, 0.05) is 12.1 Å². The quantitative estimate of drug-likeness (QED) is 0.555. The molecule has 0 atom stereocenters. The van der Waals surface area contributed by atoms with Crippen LogP contribution in [0.15, 0.2) is 41.2 Å². The van der Waals surface area contributed by atoms with E-state index in [-0.39, 0.29) is 16.9 Å². The van der Waals surface area contributed by atoms with Crippen LogP contribution in [0, 0.1) is 10.1 Å². The van der Waals surface area contributed by atoms with Gasteiger partial charge < -0.3 is 4.98 Å². The number of rotatable bonds is 3. The Labute approximate surface area is 145 Å². The van der Waals surface area contributed by atoms with Crippen LogP contribution in [0.1, 0.15) is 11.3 Å². The number of nitro groups is 1. The molecule has 0 amide bonds. The normalized spacial score (nSPS) is 11.2. The molecule has 3 rings (SSSR count). The van der Waals surface area contributed by atoms with Gasteiger partial charge in [-0.3, -0.25) is 14.9 Å². The molecule has 0 unspecified atom stereocenters. The maximum absolute atomic E-state index is 12.1. The Balaban J connectivity index is 1.97. The molecule has 6 nitrogen and oxygen atoms in total. The average Bonchev–Trinajstić information content (AvgIpc) is 2.55. The lowest BCUT2D eigenvalue weighted by Crippen LogP contribution is -2.11. The summed E-state index contributed by atoms with van der Waals surface area (Å²) in [6, 6.07) is 9.05. The van der Waals surface area contributed by atoms with Crippen LogP contribution in [-0.2, 0) is 0 Å². The molecule has 1 aromatic heterocycles. The average molecular weight is 362 g/mol. The predicted molar refractivity (Wildman–Crippen MR) is 94.4 cm³/mol. The minimum Gasteiger partial charge on any atom is -0.319 e. The number of aromatic nitrogens is 2. The molecule has 0 aliphatic rings. The first kappa shape index (κ1) is 16.2. The molecule has 2 aromatic carbocycles. The highest BCUT2D eigenvalue weighted by atomic mass is 35.5. The van der Waals surface area contributed by atoms with Gasteiger partial charge in [-0.25, -0.2) is 4.98 Å². The van der Waals surface area contributed by atoms with Gasteiger partial charge in [0.1, 0.15) is 5.69 Å². The zero-order valence-electron chi connectivity index (χ0n) is 12.0. The van der Waals surface area contributed by atoms with E-state index in [9.17, 15) is 14.9 Å². The first-order valence-electron chi connectivity index (χ1n) is 6.75. The molecule has 0 spiro atoms. The van der Waals surface area contributed by atoms with Crippen molar-refractivity contribution < 1.29 is 4.92 Å². The molecule has 0 radical (unpaired) electrons. The number of hydrogen-bond donors (Lipinski definition) is 1. The topological polar surface area (TPSA) is 88.9 Å². The summed E-state index contributed by atoms with van der Waals surface area (Å²) in [5.41, 5.74) is 1.52. The predicted octanol–water partition coefficient (Wildman–Crippen LogP) is 4.31. The Kier molecular flexibility index (Phi) is 4.33. The number of fused-ring (bicyclic) bond motifs is 1. The van der Waals surface area contributed by atoms with Gasteiger partial charge in [0.15, 0.2) is 0 Å². The maximum atomic E-state index is 12.1. The fraction of sp³-hybridized carbons (Fsp3) is 0. The van der Waals surface area contributed by atoms with Gasteiger partial charge in [-0.1, -0.05) is 29.3 Å². The van der Waals surface area contributed by atoms with E-state index in [1.807, 2.05) is 0 Å². The van der Waals surface area contributed by atoms with Crippen LogP contribution in [0.5, 0.6) is 0 Å². The number of H-pyrrole nitrogens is 1. The van der Waals surface area contributed by atoms with Crippen LogP contribution in [0.3, 0.4) is 0 Å². The molecule has 120 valence electrons. The second-order valence-electron chi connectivity index (χ2n) is 4.92. The summed E-state index contributed by atoms with van der Waals surface area (Å²) in [4.78, 5) is 29.1. The largest absolute Gasteiger partial charge is 0.319 e. The molecule has 3 aromatic rings. The summed E-state index contributed by atoms with van der Waals surface area (Å²) in [5, 5.41) is 11.3. The Morgan fingerprint density at radius 3 is 2.42 bits per heavy atom. The van der Waals surface area contributed by atoms with Crippen LogP contribution in [-0.4, -0.2) is 14.9 Å². The summed E-state index contributed by atoms with van der Waals surface area (Å²) in [6.07, 6.45) is 3.17. The number of hydrogen-bond acceptors (Lipinski definition) is 4. The van der Waals surface area contributed by atoms with Gasteiger partial charge in [-0.2, -0.15) is 0 Å². The Morgan fingerprint density at radius 1 is 1.08 bits per heavy atom. The van der Waals surface area contributed by atoms with E-state index in [4.69, 9.17) is 23.2 Å². The molecule has 8 heteroatoms. The van der Waals surface area contributed by atoms with Crippen LogP contribution in [0.2, 0.25) is 10.0 Å². The number of nitrogens with zero attached hydrogens (tertiary/aromatic N) is 2. The third-order valence-corrected chi connectivity index (χ3v) is 4.02. The number of benzene rings is 2. The SMILES string of the molecule is O=c1[nH]c2cc(Cl)c(Cl)cc2nc1C=Cc1ccc([N+](=O)[O-])cc1. The van der Waals surface area contributed by atoms with E-state index in [0.717, 1.165) is 0 Å². The third-order valence-electron chi connectivity index (χ3n) is 3.30. The second kappa shape index (κ2) is 6.43. The zero-order chi connectivity index (χ0) is 17.3. The number of halogens is 2. The van der Waals surface area contributed by atoms with E-state index in [0.29, 0.717) is 26.6 Å². The van der Waals surface area contributed by atoms with Crippen molar-refractivity contribution in [2.45, 2.75) is 0 Å². The summed E-state index contributed by atoms with van der Waals surface area (Å²) in [7, 11) is 0. The molecule has 0 aliphatic heterocycles. The Bertz CT molecular complexity index is 1030. The summed E-state index contributed by atoms with van der Waals surface area (Å²) >= 11 is 11.9. The molecular formula is C16H9Cl2N3O3. The van der Waals surface area contributed by atoms with Crippen molar-refractivity contribution in [3.05, 3.63) is 78.2 Å². The van der Waals surface area contributed by atoms with Crippen molar-refractivity contribution in [2.75, 3.05) is 0 Å². The number of nitro benzene ring substituents is 1. The molecule has 0 fully saturated rings. The van der Waals surface area contributed by atoms with Crippen LogP contribution >= 0.6 is 23.2 Å². The Morgan fingerprint density at radius 2 is 1.75 bits per heavy atom. The monoisotopic (exact) mass is 361 g/mol. The highest BCUT2D eigenvalue weighted by molar-refractivity contribution is 6.42. The van der Waals surface area contributed by atoms with E-state index in [2.05, 4.69) is 9.97 Å². The number of nitrogens with one attached hydrogen (secondary N) is 1. The minimum atomic E-state index is -0.474. The zero-order valence-corrected chi connectivity index (χ0v) is 13.5. The third kappa shape index (κ3) is 3.29. The van der Waals surface area contributed by atoms with Crippen molar-refractivity contribution in [3.63, 3.8) is 0 Å².